The first-order valence-corrected chi connectivity index (χ1v) is 12.2. The molecular weight excluding hydrogens is 384 g/mol. The van der Waals surface area contributed by atoms with Crippen LogP contribution < -0.4 is 10.1 Å². The lowest BCUT2D eigenvalue weighted by molar-refractivity contribution is 0.0951. The fourth-order valence-corrected chi connectivity index (χ4v) is 3.62. The van der Waals surface area contributed by atoms with E-state index in [4.69, 9.17) is 4.74 Å². The van der Waals surface area contributed by atoms with Gasteiger partial charge in [0.05, 0.1) is 6.61 Å². The van der Waals surface area contributed by atoms with Crippen molar-refractivity contribution in [3.8, 4) is 5.75 Å². The molecule has 1 amide bonds. The van der Waals surface area contributed by atoms with Crippen LogP contribution in [0.15, 0.2) is 48.8 Å². The van der Waals surface area contributed by atoms with E-state index in [0.717, 1.165) is 24.3 Å². The molecule has 4 heteroatoms. The van der Waals surface area contributed by atoms with Crippen LogP contribution in [0.5, 0.6) is 5.75 Å². The van der Waals surface area contributed by atoms with Crippen molar-refractivity contribution in [2.75, 3.05) is 6.61 Å². The molecule has 2 rings (SSSR count). The Balaban J connectivity index is 1.46. The van der Waals surface area contributed by atoms with E-state index in [2.05, 4.69) is 17.2 Å². The predicted molar refractivity (Wildman–Crippen MR) is 128 cm³/mol. The second kappa shape index (κ2) is 16.3. The van der Waals surface area contributed by atoms with Gasteiger partial charge in [-0.2, -0.15) is 0 Å². The van der Waals surface area contributed by atoms with Gasteiger partial charge in [0, 0.05) is 24.5 Å². The molecule has 0 radical (unpaired) electrons. The molecule has 0 aliphatic carbocycles. The number of nitrogens with one attached hydrogen (secondary N) is 1. The number of unbranched alkanes of at least 4 members (excludes halogenated alkanes) is 11. The van der Waals surface area contributed by atoms with E-state index in [0.29, 0.717) is 12.1 Å². The van der Waals surface area contributed by atoms with Gasteiger partial charge in [-0.25, -0.2) is 0 Å². The molecule has 31 heavy (non-hydrogen) atoms. The van der Waals surface area contributed by atoms with Gasteiger partial charge in [0.15, 0.2) is 0 Å². The Kier molecular flexibility index (Phi) is 13.1. The van der Waals surface area contributed by atoms with E-state index in [-0.39, 0.29) is 5.91 Å². The van der Waals surface area contributed by atoms with Crippen LogP contribution in [0, 0.1) is 0 Å². The van der Waals surface area contributed by atoms with Crippen molar-refractivity contribution in [2.24, 2.45) is 0 Å². The molecule has 0 aliphatic rings. The molecule has 0 saturated carbocycles. The van der Waals surface area contributed by atoms with Crippen molar-refractivity contribution >= 4 is 5.91 Å². The van der Waals surface area contributed by atoms with Crippen LogP contribution in [-0.4, -0.2) is 17.5 Å². The third-order valence-electron chi connectivity index (χ3n) is 5.59. The van der Waals surface area contributed by atoms with Crippen LogP contribution in [0.25, 0.3) is 0 Å². The maximum absolute atomic E-state index is 12.1. The number of hydrogen-bond acceptors (Lipinski definition) is 3. The number of hydrogen-bond donors (Lipinski definition) is 1. The number of nitrogens with zero attached hydrogens (tertiary/aromatic N) is 1. The largest absolute Gasteiger partial charge is 0.494 e. The van der Waals surface area contributed by atoms with Gasteiger partial charge < -0.3 is 10.1 Å². The maximum atomic E-state index is 12.1. The van der Waals surface area contributed by atoms with Gasteiger partial charge in [-0.05, 0) is 36.2 Å². The number of ether oxygens (including phenoxy) is 1. The summed E-state index contributed by atoms with van der Waals surface area (Å²) in [6, 6.07) is 11.4. The molecule has 0 aliphatic heterocycles. The Labute approximate surface area is 188 Å². The predicted octanol–water partition coefficient (Wildman–Crippen LogP) is 7.09. The van der Waals surface area contributed by atoms with E-state index in [1.54, 1.807) is 24.5 Å². The number of carbonyl (C=O) groups excluding carboxylic acids is 1. The fourth-order valence-electron chi connectivity index (χ4n) is 3.62. The number of carbonyl (C=O) groups is 1. The Bertz CT molecular complexity index is 701. The van der Waals surface area contributed by atoms with Crippen molar-refractivity contribution in [1.29, 1.82) is 0 Å². The minimum absolute atomic E-state index is 0.0882. The van der Waals surface area contributed by atoms with E-state index in [1.165, 1.54) is 70.6 Å². The van der Waals surface area contributed by atoms with E-state index in [1.807, 2.05) is 24.3 Å². The lowest BCUT2D eigenvalue weighted by atomic mass is 10.1. The SMILES string of the molecule is CCCCCCCCCCCCCCOc1ccc(CNC(=O)c2ccncc2)cc1. The smallest absolute Gasteiger partial charge is 0.251 e. The molecule has 0 atom stereocenters. The maximum Gasteiger partial charge on any atom is 0.251 e. The Morgan fingerprint density at radius 3 is 1.90 bits per heavy atom. The summed E-state index contributed by atoms with van der Waals surface area (Å²) < 4.78 is 5.85. The first kappa shape index (κ1) is 24.9. The van der Waals surface area contributed by atoms with Gasteiger partial charge in [-0.1, -0.05) is 89.7 Å². The Morgan fingerprint density at radius 2 is 1.32 bits per heavy atom. The van der Waals surface area contributed by atoms with Gasteiger partial charge in [0.1, 0.15) is 5.75 Å². The summed E-state index contributed by atoms with van der Waals surface area (Å²) in [5, 5.41) is 2.92. The molecule has 0 saturated heterocycles. The van der Waals surface area contributed by atoms with Gasteiger partial charge in [-0.3, -0.25) is 9.78 Å². The summed E-state index contributed by atoms with van der Waals surface area (Å²) in [4.78, 5) is 16.0. The highest BCUT2D eigenvalue weighted by Crippen LogP contribution is 2.14. The zero-order valence-electron chi connectivity index (χ0n) is 19.3. The lowest BCUT2D eigenvalue weighted by Gasteiger charge is -2.08. The van der Waals surface area contributed by atoms with Crippen molar-refractivity contribution in [3.05, 3.63) is 59.9 Å². The summed E-state index contributed by atoms with van der Waals surface area (Å²) in [5.41, 5.74) is 1.68. The Hall–Kier alpha value is -2.36. The average Bonchev–Trinajstić information content (AvgIpc) is 2.82. The van der Waals surface area contributed by atoms with Crippen LogP contribution in [0.3, 0.4) is 0 Å². The van der Waals surface area contributed by atoms with Crippen LogP contribution >= 0.6 is 0 Å². The normalized spacial score (nSPS) is 10.7. The van der Waals surface area contributed by atoms with E-state index in [9.17, 15) is 4.79 Å². The molecular formula is C27H40N2O2. The molecule has 0 bridgehead atoms. The third kappa shape index (κ3) is 11.6. The van der Waals surface area contributed by atoms with Crippen LogP contribution in [0.4, 0.5) is 0 Å². The van der Waals surface area contributed by atoms with Crippen molar-refractivity contribution in [1.82, 2.24) is 10.3 Å². The number of pyridine rings is 1. The first-order valence-electron chi connectivity index (χ1n) is 12.2. The van der Waals surface area contributed by atoms with Gasteiger partial charge in [0.2, 0.25) is 0 Å². The molecule has 1 N–H and O–H groups in total. The monoisotopic (exact) mass is 424 g/mol. The van der Waals surface area contributed by atoms with E-state index >= 15 is 0 Å². The topological polar surface area (TPSA) is 51.2 Å². The molecule has 0 spiro atoms. The molecule has 1 aromatic carbocycles. The number of aromatic nitrogens is 1. The lowest BCUT2D eigenvalue weighted by Crippen LogP contribution is -2.22. The van der Waals surface area contributed by atoms with Crippen molar-refractivity contribution in [3.63, 3.8) is 0 Å². The minimum atomic E-state index is -0.0882. The van der Waals surface area contributed by atoms with E-state index < -0.39 is 0 Å². The number of amides is 1. The highest BCUT2D eigenvalue weighted by Gasteiger charge is 2.04. The van der Waals surface area contributed by atoms with Crippen molar-refractivity contribution < 1.29 is 9.53 Å². The summed E-state index contributed by atoms with van der Waals surface area (Å²) in [6.45, 7) is 3.55. The van der Waals surface area contributed by atoms with Gasteiger partial charge in [-0.15, -0.1) is 0 Å². The second-order valence-electron chi connectivity index (χ2n) is 8.30. The highest BCUT2D eigenvalue weighted by molar-refractivity contribution is 5.93. The molecule has 2 aromatic rings. The first-order chi connectivity index (χ1) is 15.3. The Morgan fingerprint density at radius 1 is 0.774 bits per heavy atom. The van der Waals surface area contributed by atoms with Gasteiger partial charge >= 0.3 is 0 Å². The standard InChI is InChI=1S/C27H40N2O2/c1-2-3-4-5-6-7-8-9-10-11-12-13-22-31-26-16-14-24(15-17-26)23-29-27(30)25-18-20-28-21-19-25/h14-21H,2-13,22-23H2,1H3,(H,29,30). The third-order valence-corrected chi connectivity index (χ3v) is 5.59. The molecule has 0 unspecified atom stereocenters. The second-order valence-corrected chi connectivity index (χ2v) is 8.30. The quantitative estimate of drug-likeness (QED) is 0.276. The van der Waals surface area contributed by atoms with Gasteiger partial charge in [0.25, 0.3) is 5.91 Å². The van der Waals surface area contributed by atoms with Crippen LogP contribution in [0.1, 0.15) is 99.9 Å². The molecule has 1 heterocycles. The minimum Gasteiger partial charge on any atom is -0.494 e. The summed E-state index contributed by atoms with van der Waals surface area (Å²) >= 11 is 0. The molecule has 4 nitrogen and oxygen atoms in total. The molecule has 0 fully saturated rings. The summed E-state index contributed by atoms with van der Waals surface area (Å²) in [7, 11) is 0. The van der Waals surface area contributed by atoms with Crippen LogP contribution in [0.2, 0.25) is 0 Å². The fraction of sp³-hybridized carbons (Fsp3) is 0.556. The molecule has 1 aromatic heterocycles. The highest BCUT2D eigenvalue weighted by atomic mass is 16.5. The summed E-state index contributed by atoms with van der Waals surface area (Å²) in [5.74, 6) is 0.807. The molecule has 170 valence electrons. The number of rotatable bonds is 17. The average molecular weight is 425 g/mol. The zero-order valence-corrected chi connectivity index (χ0v) is 19.3. The van der Waals surface area contributed by atoms with Crippen molar-refractivity contribution in [2.45, 2.75) is 90.5 Å². The van der Waals surface area contributed by atoms with Crippen LogP contribution in [-0.2, 0) is 6.54 Å². The number of benzene rings is 1. The summed E-state index contributed by atoms with van der Waals surface area (Å²) in [6.07, 6.45) is 19.5. The zero-order chi connectivity index (χ0) is 22.0.